The maximum atomic E-state index is 12.5. The molecule has 1 unspecified atom stereocenters. The first-order valence-electron chi connectivity index (χ1n) is 8.74. The molecule has 1 heterocycles. The molecular weight excluding hydrogens is 441 g/mol. The molecule has 2 aromatic carbocycles. The van der Waals surface area contributed by atoms with Gasteiger partial charge in [-0.25, -0.2) is 0 Å². The summed E-state index contributed by atoms with van der Waals surface area (Å²) >= 11 is 2.22. The van der Waals surface area contributed by atoms with E-state index in [1.54, 1.807) is 0 Å². The molecule has 0 radical (unpaired) electrons. The molecule has 136 valence electrons. The summed E-state index contributed by atoms with van der Waals surface area (Å²) in [6.45, 7) is 1.76. The van der Waals surface area contributed by atoms with Crippen LogP contribution < -0.4 is 10.6 Å². The lowest BCUT2D eigenvalue weighted by molar-refractivity contribution is -0.123. The molecule has 3 rings (SSSR count). The number of hydrogen-bond donors (Lipinski definition) is 2. The van der Waals surface area contributed by atoms with Crippen LogP contribution >= 0.6 is 22.6 Å². The molecule has 0 aliphatic carbocycles. The van der Waals surface area contributed by atoms with E-state index >= 15 is 0 Å². The summed E-state index contributed by atoms with van der Waals surface area (Å²) in [5.74, 6) is -0.107. The quantitative estimate of drug-likeness (QED) is 0.667. The Hall–Kier alpha value is -1.93. The molecule has 5 nitrogen and oxygen atoms in total. The molecule has 1 aliphatic rings. The first kappa shape index (κ1) is 18.8. The number of carbonyl (C=O) groups excluding carboxylic acids is 2. The Kier molecular flexibility index (Phi) is 6.62. The van der Waals surface area contributed by atoms with E-state index in [9.17, 15) is 9.59 Å². The third-order valence-electron chi connectivity index (χ3n) is 4.39. The molecule has 1 aliphatic heterocycles. The lowest BCUT2D eigenvalue weighted by Crippen LogP contribution is -2.43. The molecule has 0 aromatic heterocycles. The van der Waals surface area contributed by atoms with Crippen LogP contribution in [-0.4, -0.2) is 36.3 Å². The van der Waals surface area contributed by atoms with Crippen molar-refractivity contribution in [3.8, 4) is 0 Å². The average Bonchev–Trinajstić information content (AvgIpc) is 2.62. The number of benzene rings is 2. The van der Waals surface area contributed by atoms with Crippen LogP contribution in [0, 0.1) is 9.49 Å². The fourth-order valence-electron chi connectivity index (χ4n) is 3.15. The number of nitrogens with one attached hydrogen (secondary N) is 2. The molecule has 26 heavy (non-hydrogen) atoms. The summed E-state index contributed by atoms with van der Waals surface area (Å²) in [4.78, 5) is 26.8. The van der Waals surface area contributed by atoms with Crippen molar-refractivity contribution in [1.82, 2.24) is 4.90 Å². The minimum Gasteiger partial charge on any atom is -0.326 e. The van der Waals surface area contributed by atoms with Crippen molar-refractivity contribution in [1.29, 1.82) is 0 Å². The van der Waals surface area contributed by atoms with Crippen molar-refractivity contribution in [2.45, 2.75) is 12.8 Å². The van der Waals surface area contributed by atoms with Crippen molar-refractivity contribution in [3.05, 3.63) is 58.2 Å². The van der Waals surface area contributed by atoms with E-state index in [-0.39, 0.29) is 17.7 Å². The fraction of sp³-hybridized carbons (Fsp3) is 0.300. The normalized spacial score (nSPS) is 17.5. The molecule has 0 saturated carbocycles. The van der Waals surface area contributed by atoms with Gasteiger partial charge in [0, 0.05) is 21.5 Å². The number of likely N-dealkylation sites (tertiary alicyclic amines) is 1. The molecule has 1 atom stereocenters. The summed E-state index contributed by atoms with van der Waals surface area (Å²) in [6, 6.07) is 17.2. The number of rotatable bonds is 5. The molecule has 2 N–H and O–H groups in total. The Balaban J connectivity index is 1.51. The number of amides is 2. The van der Waals surface area contributed by atoms with Gasteiger partial charge in [-0.3, -0.25) is 14.5 Å². The Bertz CT molecular complexity index is 767. The van der Waals surface area contributed by atoms with Crippen LogP contribution in [0.4, 0.5) is 11.4 Å². The van der Waals surface area contributed by atoms with Crippen molar-refractivity contribution in [2.75, 3.05) is 30.3 Å². The number of carbonyl (C=O) groups is 2. The lowest BCUT2D eigenvalue weighted by atomic mass is 9.97. The van der Waals surface area contributed by atoms with Gasteiger partial charge < -0.3 is 10.6 Å². The number of hydrogen-bond acceptors (Lipinski definition) is 3. The van der Waals surface area contributed by atoms with Gasteiger partial charge in [0.1, 0.15) is 0 Å². The predicted molar refractivity (Wildman–Crippen MR) is 112 cm³/mol. The summed E-state index contributed by atoms with van der Waals surface area (Å²) in [6.07, 6.45) is 1.77. The average molecular weight is 463 g/mol. The number of nitrogens with zero attached hydrogens (tertiary/aromatic N) is 1. The van der Waals surface area contributed by atoms with E-state index in [4.69, 9.17) is 0 Å². The van der Waals surface area contributed by atoms with E-state index in [1.165, 1.54) is 0 Å². The van der Waals surface area contributed by atoms with Gasteiger partial charge in [0.15, 0.2) is 0 Å². The minimum absolute atomic E-state index is 0.0268. The molecule has 1 fully saturated rings. The number of piperidine rings is 1. The Morgan fingerprint density at radius 3 is 2.58 bits per heavy atom. The van der Waals surface area contributed by atoms with Crippen molar-refractivity contribution >= 4 is 45.8 Å². The molecule has 1 saturated heterocycles. The highest BCUT2D eigenvalue weighted by Gasteiger charge is 2.26. The van der Waals surface area contributed by atoms with E-state index < -0.39 is 0 Å². The SMILES string of the molecule is O=C(CN1CCCC(C(=O)Nc2ccccc2)C1)Nc1cccc(I)c1. The zero-order valence-corrected chi connectivity index (χ0v) is 16.6. The summed E-state index contributed by atoms with van der Waals surface area (Å²) < 4.78 is 1.08. The van der Waals surface area contributed by atoms with Crippen molar-refractivity contribution < 1.29 is 9.59 Å². The summed E-state index contributed by atoms with van der Waals surface area (Å²) in [5.41, 5.74) is 1.61. The van der Waals surface area contributed by atoms with Gasteiger partial charge in [0.2, 0.25) is 11.8 Å². The molecule has 2 amide bonds. The summed E-state index contributed by atoms with van der Waals surface area (Å²) in [5, 5.41) is 5.89. The minimum atomic E-state index is -0.0885. The van der Waals surface area contributed by atoms with Gasteiger partial charge in [-0.15, -0.1) is 0 Å². The van der Waals surface area contributed by atoms with Crippen LogP contribution in [0.2, 0.25) is 0 Å². The van der Waals surface area contributed by atoms with Gasteiger partial charge in [-0.05, 0) is 72.3 Å². The Morgan fingerprint density at radius 2 is 1.81 bits per heavy atom. The highest BCUT2D eigenvalue weighted by molar-refractivity contribution is 14.1. The van der Waals surface area contributed by atoms with Gasteiger partial charge in [0.05, 0.1) is 12.5 Å². The van der Waals surface area contributed by atoms with E-state index in [2.05, 4.69) is 38.1 Å². The predicted octanol–water partition coefficient (Wildman–Crippen LogP) is 3.58. The van der Waals surface area contributed by atoms with Crippen LogP contribution in [0.5, 0.6) is 0 Å². The Labute approximate surface area is 167 Å². The molecular formula is C20H22IN3O2. The third-order valence-corrected chi connectivity index (χ3v) is 5.06. The monoisotopic (exact) mass is 463 g/mol. The van der Waals surface area contributed by atoms with Crippen molar-refractivity contribution in [2.24, 2.45) is 5.92 Å². The maximum Gasteiger partial charge on any atom is 0.238 e. The molecule has 2 aromatic rings. The van der Waals surface area contributed by atoms with Crippen LogP contribution in [0.3, 0.4) is 0 Å². The maximum absolute atomic E-state index is 12.5. The van der Waals surface area contributed by atoms with E-state index in [1.807, 2.05) is 54.6 Å². The van der Waals surface area contributed by atoms with Crippen LogP contribution in [0.1, 0.15) is 12.8 Å². The smallest absolute Gasteiger partial charge is 0.238 e. The standard InChI is InChI=1S/C20H22IN3O2/c21-16-7-4-10-18(12-16)22-19(25)14-24-11-5-6-15(13-24)20(26)23-17-8-2-1-3-9-17/h1-4,7-10,12,15H,5-6,11,13-14H2,(H,22,25)(H,23,26). The topological polar surface area (TPSA) is 61.4 Å². The number of halogens is 1. The molecule has 0 spiro atoms. The van der Waals surface area contributed by atoms with Gasteiger partial charge in [-0.2, -0.15) is 0 Å². The van der Waals surface area contributed by atoms with Crippen LogP contribution in [-0.2, 0) is 9.59 Å². The van der Waals surface area contributed by atoms with Gasteiger partial charge in [-0.1, -0.05) is 24.3 Å². The van der Waals surface area contributed by atoms with Crippen LogP contribution in [0.15, 0.2) is 54.6 Å². The second-order valence-corrected chi connectivity index (χ2v) is 7.73. The molecule has 0 bridgehead atoms. The number of anilines is 2. The lowest BCUT2D eigenvalue weighted by Gasteiger charge is -2.31. The highest BCUT2D eigenvalue weighted by atomic mass is 127. The van der Waals surface area contributed by atoms with Crippen molar-refractivity contribution in [3.63, 3.8) is 0 Å². The van der Waals surface area contributed by atoms with E-state index in [0.29, 0.717) is 13.1 Å². The third kappa shape index (κ3) is 5.54. The molecule has 6 heteroatoms. The first-order chi connectivity index (χ1) is 12.6. The highest BCUT2D eigenvalue weighted by Crippen LogP contribution is 2.19. The fourth-order valence-corrected chi connectivity index (χ4v) is 3.69. The summed E-state index contributed by atoms with van der Waals surface area (Å²) in [7, 11) is 0. The van der Waals surface area contributed by atoms with E-state index in [0.717, 1.165) is 34.3 Å². The number of para-hydroxylation sites is 1. The first-order valence-corrected chi connectivity index (χ1v) is 9.82. The zero-order valence-electron chi connectivity index (χ0n) is 14.5. The van der Waals surface area contributed by atoms with Gasteiger partial charge >= 0.3 is 0 Å². The Morgan fingerprint density at radius 1 is 1.04 bits per heavy atom. The second kappa shape index (κ2) is 9.14. The van der Waals surface area contributed by atoms with Gasteiger partial charge in [0.25, 0.3) is 0 Å². The van der Waals surface area contributed by atoms with Crippen LogP contribution in [0.25, 0.3) is 0 Å². The second-order valence-electron chi connectivity index (χ2n) is 6.49. The largest absolute Gasteiger partial charge is 0.326 e. The zero-order chi connectivity index (χ0) is 18.4.